The molecule has 1 unspecified atom stereocenters. The summed E-state index contributed by atoms with van der Waals surface area (Å²) in [5.41, 5.74) is 7.29. The van der Waals surface area contributed by atoms with E-state index in [1.807, 2.05) is 22.4 Å². The maximum atomic E-state index is 11.8. The second-order valence-electron chi connectivity index (χ2n) is 5.21. The van der Waals surface area contributed by atoms with Crippen LogP contribution in [-0.2, 0) is 16.4 Å². The van der Waals surface area contributed by atoms with Gasteiger partial charge in [-0.25, -0.2) is 13.4 Å². The van der Waals surface area contributed by atoms with Gasteiger partial charge in [0.1, 0.15) is 5.52 Å². The van der Waals surface area contributed by atoms with Gasteiger partial charge in [-0.15, -0.1) is 0 Å². The van der Waals surface area contributed by atoms with E-state index in [1.165, 1.54) is 18.4 Å². The number of rotatable bonds is 3. The third-order valence-corrected chi connectivity index (χ3v) is 6.00. The average molecular weight is 311 g/mol. The number of nitrogen functional groups attached to an aromatic ring is 1. The first-order valence-electron chi connectivity index (χ1n) is 6.49. The van der Waals surface area contributed by atoms with Crippen molar-refractivity contribution in [2.24, 2.45) is 5.92 Å². The fraction of sp³-hybridized carbons (Fsp3) is 0.462. The summed E-state index contributed by atoms with van der Waals surface area (Å²) in [6.45, 7) is 0.808. The van der Waals surface area contributed by atoms with E-state index in [1.54, 1.807) is 12.1 Å². The Bertz CT molecular complexity index is 746. The van der Waals surface area contributed by atoms with Crippen LogP contribution in [0, 0.1) is 5.92 Å². The topological polar surface area (TPSA) is 78.0 Å². The number of aromatic nitrogens is 2. The Morgan fingerprint density at radius 2 is 2.30 bits per heavy atom. The molecule has 5 nitrogen and oxygen atoms in total. The van der Waals surface area contributed by atoms with Crippen molar-refractivity contribution < 1.29 is 8.42 Å². The van der Waals surface area contributed by atoms with Crippen LogP contribution in [0.3, 0.4) is 0 Å². The van der Waals surface area contributed by atoms with Gasteiger partial charge < -0.3 is 10.3 Å². The molecule has 1 aromatic carbocycles. The smallest absolute Gasteiger partial charge is 0.201 e. The SMILES string of the molecule is CS(=O)(=O)c1cccc2c1nc(N)n2CC1CCSC1. The summed E-state index contributed by atoms with van der Waals surface area (Å²) in [6.07, 6.45) is 2.38. The minimum atomic E-state index is -3.30. The van der Waals surface area contributed by atoms with Gasteiger partial charge >= 0.3 is 0 Å². The first kappa shape index (κ1) is 13.8. The van der Waals surface area contributed by atoms with Crippen LogP contribution >= 0.6 is 11.8 Å². The number of hydrogen-bond acceptors (Lipinski definition) is 5. The molecule has 108 valence electrons. The van der Waals surface area contributed by atoms with Crippen LogP contribution in [0.2, 0.25) is 0 Å². The molecular weight excluding hydrogens is 294 g/mol. The number of sulfone groups is 1. The molecule has 0 spiro atoms. The average Bonchev–Trinajstić information content (AvgIpc) is 2.97. The van der Waals surface area contributed by atoms with E-state index in [2.05, 4.69) is 4.98 Å². The molecular formula is C13H17N3O2S2. The summed E-state index contributed by atoms with van der Waals surface area (Å²) in [4.78, 5) is 4.53. The first-order chi connectivity index (χ1) is 9.47. The Hall–Kier alpha value is -1.21. The van der Waals surface area contributed by atoms with Gasteiger partial charge in [-0.1, -0.05) is 6.07 Å². The van der Waals surface area contributed by atoms with Crippen LogP contribution in [-0.4, -0.2) is 35.7 Å². The highest BCUT2D eigenvalue weighted by Crippen LogP contribution is 2.29. The number of thioether (sulfide) groups is 1. The Balaban J connectivity index is 2.11. The van der Waals surface area contributed by atoms with Crippen molar-refractivity contribution in [3.05, 3.63) is 18.2 Å². The summed E-state index contributed by atoms with van der Waals surface area (Å²) in [5, 5.41) is 0. The van der Waals surface area contributed by atoms with E-state index in [9.17, 15) is 8.42 Å². The number of fused-ring (bicyclic) bond motifs is 1. The molecule has 1 aromatic heterocycles. The summed E-state index contributed by atoms with van der Waals surface area (Å²) in [6, 6.07) is 5.22. The van der Waals surface area contributed by atoms with Crippen molar-refractivity contribution in [3.8, 4) is 0 Å². The highest BCUT2D eigenvalue weighted by molar-refractivity contribution is 7.99. The summed E-state index contributed by atoms with van der Waals surface area (Å²) in [7, 11) is -3.30. The van der Waals surface area contributed by atoms with Crippen molar-refractivity contribution in [1.82, 2.24) is 9.55 Å². The molecule has 3 rings (SSSR count). The summed E-state index contributed by atoms with van der Waals surface area (Å²) >= 11 is 1.95. The fourth-order valence-corrected chi connectivity index (χ4v) is 4.72. The fourth-order valence-electron chi connectivity index (χ4n) is 2.62. The van der Waals surface area contributed by atoms with Crippen molar-refractivity contribution in [3.63, 3.8) is 0 Å². The van der Waals surface area contributed by atoms with Crippen LogP contribution in [0.5, 0.6) is 0 Å². The molecule has 2 aromatic rings. The molecule has 0 radical (unpaired) electrons. The van der Waals surface area contributed by atoms with Crippen molar-refractivity contribution in [2.75, 3.05) is 23.5 Å². The standard InChI is InChI=1S/C13H17N3O2S2/c1-20(17,18)11-4-2-3-10-12(11)15-13(14)16(10)7-9-5-6-19-8-9/h2-4,9H,5-8H2,1H3,(H2,14,15). The molecule has 1 saturated heterocycles. The molecule has 7 heteroatoms. The van der Waals surface area contributed by atoms with Crippen LogP contribution < -0.4 is 5.73 Å². The Kier molecular flexibility index (Phi) is 3.41. The molecule has 2 N–H and O–H groups in total. The Labute approximate surface area is 122 Å². The predicted molar refractivity (Wildman–Crippen MR) is 82.7 cm³/mol. The zero-order valence-electron chi connectivity index (χ0n) is 11.2. The lowest BCUT2D eigenvalue weighted by atomic mass is 10.1. The molecule has 20 heavy (non-hydrogen) atoms. The van der Waals surface area contributed by atoms with Gasteiger partial charge in [0.25, 0.3) is 0 Å². The number of anilines is 1. The van der Waals surface area contributed by atoms with Crippen LogP contribution in [0.25, 0.3) is 11.0 Å². The zero-order chi connectivity index (χ0) is 14.3. The third kappa shape index (κ3) is 2.40. The van der Waals surface area contributed by atoms with E-state index in [4.69, 9.17) is 5.73 Å². The van der Waals surface area contributed by atoms with Gasteiger partial charge in [-0.3, -0.25) is 0 Å². The van der Waals surface area contributed by atoms with E-state index in [-0.39, 0.29) is 4.90 Å². The number of nitrogens with zero attached hydrogens (tertiary/aromatic N) is 2. The quantitative estimate of drug-likeness (QED) is 0.935. The molecule has 1 atom stereocenters. The summed E-state index contributed by atoms with van der Waals surface area (Å²) < 4.78 is 25.6. The Morgan fingerprint density at radius 1 is 1.50 bits per heavy atom. The van der Waals surface area contributed by atoms with Gasteiger partial charge in [0, 0.05) is 12.8 Å². The minimum Gasteiger partial charge on any atom is -0.369 e. The molecule has 0 saturated carbocycles. The number of benzene rings is 1. The zero-order valence-corrected chi connectivity index (χ0v) is 12.9. The highest BCUT2D eigenvalue weighted by Gasteiger charge is 2.21. The minimum absolute atomic E-state index is 0.251. The van der Waals surface area contributed by atoms with Gasteiger partial charge in [0.2, 0.25) is 5.95 Å². The molecule has 0 amide bonds. The van der Waals surface area contributed by atoms with Crippen molar-refractivity contribution in [1.29, 1.82) is 0 Å². The number of imidazole rings is 1. The predicted octanol–water partition coefficient (Wildman–Crippen LogP) is 1.78. The van der Waals surface area contributed by atoms with E-state index in [0.717, 1.165) is 17.8 Å². The molecule has 1 aliphatic rings. The van der Waals surface area contributed by atoms with Gasteiger partial charge in [-0.2, -0.15) is 11.8 Å². The molecule has 2 heterocycles. The monoisotopic (exact) mass is 311 g/mol. The Morgan fingerprint density at radius 3 is 2.95 bits per heavy atom. The van der Waals surface area contributed by atoms with Crippen molar-refractivity contribution >= 4 is 38.6 Å². The van der Waals surface area contributed by atoms with Gasteiger partial charge in [0.05, 0.1) is 10.4 Å². The lowest BCUT2D eigenvalue weighted by molar-refractivity contribution is 0.505. The lowest BCUT2D eigenvalue weighted by Crippen LogP contribution is -2.12. The molecule has 1 aliphatic heterocycles. The van der Waals surface area contributed by atoms with E-state index >= 15 is 0 Å². The second kappa shape index (κ2) is 4.96. The van der Waals surface area contributed by atoms with Crippen molar-refractivity contribution in [2.45, 2.75) is 17.9 Å². The molecule has 0 bridgehead atoms. The van der Waals surface area contributed by atoms with Gasteiger partial charge in [-0.05, 0) is 36.0 Å². The van der Waals surface area contributed by atoms with E-state index in [0.29, 0.717) is 17.4 Å². The normalized spacial score (nSPS) is 19.8. The van der Waals surface area contributed by atoms with Crippen LogP contribution in [0.4, 0.5) is 5.95 Å². The third-order valence-electron chi connectivity index (χ3n) is 3.64. The highest BCUT2D eigenvalue weighted by atomic mass is 32.2. The maximum absolute atomic E-state index is 11.8. The van der Waals surface area contributed by atoms with Gasteiger partial charge in [0.15, 0.2) is 9.84 Å². The summed E-state index contributed by atoms with van der Waals surface area (Å²) in [5.74, 6) is 3.30. The van der Waals surface area contributed by atoms with Crippen LogP contribution in [0.1, 0.15) is 6.42 Å². The van der Waals surface area contributed by atoms with Crippen LogP contribution in [0.15, 0.2) is 23.1 Å². The second-order valence-corrected chi connectivity index (χ2v) is 8.34. The lowest BCUT2D eigenvalue weighted by Gasteiger charge is -2.11. The first-order valence-corrected chi connectivity index (χ1v) is 9.54. The molecule has 0 aliphatic carbocycles. The number of hydrogen-bond donors (Lipinski definition) is 1. The number of nitrogens with two attached hydrogens (primary N) is 1. The van der Waals surface area contributed by atoms with E-state index < -0.39 is 9.84 Å². The molecule has 1 fully saturated rings. The number of para-hydroxylation sites is 1. The largest absolute Gasteiger partial charge is 0.369 e. The maximum Gasteiger partial charge on any atom is 0.201 e.